The van der Waals surface area contributed by atoms with Crippen molar-refractivity contribution in [3.8, 4) is 0 Å². The second-order valence-corrected chi connectivity index (χ2v) is 2.19. The van der Waals surface area contributed by atoms with Crippen molar-refractivity contribution in [1.29, 1.82) is 0 Å². The monoisotopic (exact) mass is 152 g/mol. The highest BCUT2D eigenvalue weighted by Gasteiger charge is 1.98. The lowest BCUT2D eigenvalue weighted by atomic mass is 10.3. The minimum Gasteiger partial charge on any atom is -0.566 e. The molecule has 0 aromatic carbocycles. The van der Waals surface area contributed by atoms with Gasteiger partial charge in [0.05, 0.1) is 0 Å². The Bertz CT molecular complexity index is 84.6. The van der Waals surface area contributed by atoms with E-state index in [0.717, 1.165) is 0 Å². The summed E-state index contributed by atoms with van der Waals surface area (Å²) in [4.78, 5) is 9.71. The number of hydrogen-bond acceptors (Lipinski definition) is 4. The molecule has 1 N–H and O–H groups in total. The summed E-state index contributed by atoms with van der Waals surface area (Å²) in [5.41, 5.74) is 0. The van der Waals surface area contributed by atoms with E-state index < -0.39 is 8.25 Å². The molecule has 4 nitrogen and oxygen atoms in total. The third-order valence-corrected chi connectivity index (χ3v) is 1.14. The molecule has 0 fully saturated rings. The number of rotatable bonds is 5. The van der Waals surface area contributed by atoms with Crippen molar-refractivity contribution in [3.05, 3.63) is 0 Å². The zero-order chi connectivity index (χ0) is 7.11. The van der Waals surface area contributed by atoms with Crippen molar-refractivity contribution in [1.82, 2.24) is 0 Å². The van der Waals surface area contributed by atoms with Gasteiger partial charge in [-0.2, -0.15) is 0 Å². The fourth-order valence-corrected chi connectivity index (χ4v) is 0.631. The molecule has 1 unspecified atom stereocenters. The molecule has 0 aromatic heterocycles. The van der Waals surface area contributed by atoms with E-state index in [-0.39, 0.29) is 13.2 Å². The molecule has 9 heavy (non-hydrogen) atoms. The summed E-state index contributed by atoms with van der Waals surface area (Å²) in [5, 5.41) is 8.22. The first-order valence-corrected chi connectivity index (χ1v) is 3.75. The van der Waals surface area contributed by atoms with Gasteiger partial charge in [-0.15, -0.1) is 4.52 Å². The molecule has 0 aliphatic carbocycles. The van der Waals surface area contributed by atoms with Crippen LogP contribution in [0.1, 0.15) is 12.8 Å². The summed E-state index contributed by atoms with van der Waals surface area (Å²) in [7, 11) is -2.70. The smallest absolute Gasteiger partial charge is 0.488 e. The highest BCUT2D eigenvalue weighted by molar-refractivity contribution is 7.30. The zero-order valence-corrected chi connectivity index (χ0v) is 5.84. The predicted octanol–water partition coefficient (Wildman–Crippen LogP) is -0.207. The van der Waals surface area contributed by atoms with Crippen LogP contribution in [0.2, 0.25) is 0 Å². The standard InChI is InChI=1S/C4H9O4P/c5-3-1-2-4-8-9(6)7/h5H,1-4H2. The van der Waals surface area contributed by atoms with Gasteiger partial charge in [0, 0.05) is 6.61 Å². The average Bonchev–Trinajstić information content (AvgIpc) is 1.80. The molecule has 0 heterocycles. The maximum absolute atomic E-state index is 9.71. The van der Waals surface area contributed by atoms with E-state index in [9.17, 15) is 9.46 Å². The molecular formula is C4H9O4P. The average molecular weight is 152 g/mol. The molecule has 0 amide bonds. The summed E-state index contributed by atoms with van der Waals surface area (Å²) in [5.74, 6) is 0. The molecule has 0 bridgehead atoms. The maximum Gasteiger partial charge on any atom is 0.488 e. The summed E-state index contributed by atoms with van der Waals surface area (Å²) in [6, 6.07) is 0. The lowest BCUT2D eigenvalue weighted by molar-refractivity contribution is -0.185. The van der Waals surface area contributed by atoms with E-state index in [2.05, 4.69) is 4.52 Å². The lowest BCUT2D eigenvalue weighted by Gasteiger charge is -1.90. The Labute approximate surface area is 54.4 Å². The Morgan fingerprint density at radius 1 is 1.56 bits per heavy atom. The molecule has 0 saturated heterocycles. The second kappa shape index (κ2) is 6.11. The first-order chi connectivity index (χ1) is 4.27. The van der Waals surface area contributed by atoms with Gasteiger partial charge in [-0.25, -0.2) is 0 Å². The second-order valence-electron chi connectivity index (χ2n) is 1.49. The number of aliphatic hydroxyl groups excluding tert-OH is 1. The van der Waals surface area contributed by atoms with Crippen molar-refractivity contribution in [3.63, 3.8) is 0 Å². The summed E-state index contributed by atoms with van der Waals surface area (Å²) < 4.78 is 13.9. The first kappa shape index (κ1) is 8.98. The largest absolute Gasteiger partial charge is 0.566 e. The van der Waals surface area contributed by atoms with Gasteiger partial charge in [0.15, 0.2) is 0 Å². The molecule has 54 valence electrons. The van der Waals surface area contributed by atoms with Crippen LogP contribution in [0.5, 0.6) is 0 Å². The van der Waals surface area contributed by atoms with Crippen LogP contribution in [0, 0.1) is 0 Å². The van der Waals surface area contributed by atoms with Crippen LogP contribution in [0.3, 0.4) is 0 Å². The van der Waals surface area contributed by atoms with Crippen molar-refractivity contribution in [2.45, 2.75) is 12.8 Å². The fourth-order valence-electron chi connectivity index (χ4n) is 0.353. The SMILES string of the molecule is O=[P+]([O-])OCCCCO. The highest BCUT2D eigenvalue weighted by Crippen LogP contribution is 2.08. The van der Waals surface area contributed by atoms with Gasteiger partial charge in [0.1, 0.15) is 6.61 Å². The first-order valence-electron chi connectivity index (χ1n) is 2.65. The lowest BCUT2D eigenvalue weighted by Crippen LogP contribution is -1.94. The van der Waals surface area contributed by atoms with Crippen LogP contribution < -0.4 is 4.89 Å². The molecule has 0 aromatic rings. The predicted molar refractivity (Wildman–Crippen MR) is 29.9 cm³/mol. The minimum atomic E-state index is -2.70. The highest BCUT2D eigenvalue weighted by atomic mass is 31.1. The van der Waals surface area contributed by atoms with Gasteiger partial charge in [0.25, 0.3) is 0 Å². The van der Waals surface area contributed by atoms with Crippen LogP contribution in [0.4, 0.5) is 0 Å². The van der Waals surface area contributed by atoms with Gasteiger partial charge >= 0.3 is 8.25 Å². The topological polar surface area (TPSA) is 69.6 Å². The zero-order valence-electron chi connectivity index (χ0n) is 4.95. The van der Waals surface area contributed by atoms with E-state index in [1.165, 1.54) is 0 Å². The van der Waals surface area contributed by atoms with E-state index in [1.807, 2.05) is 0 Å². The van der Waals surface area contributed by atoms with Crippen LogP contribution in [-0.4, -0.2) is 18.3 Å². The number of unbranched alkanes of at least 4 members (excludes halogenated alkanes) is 1. The molecule has 0 spiro atoms. The van der Waals surface area contributed by atoms with E-state index in [1.54, 1.807) is 0 Å². The van der Waals surface area contributed by atoms with E-state index in [4.69, 9.17) is 5.11 Å². The summed E-state index contributed by atoms with van der Waals surface area (Å²) >= 11 is 0. The minimum absolute atomic E-state index is 0.0823. The Morgan fingerprint density at radius 3 is 2.67 bits per heavy atom. The van der Waals surface area contributed by atoms with Gasteiger partial charge in [-0.3, -0.25) is 0 Å². The van der Waals surface area contributed by atoms with Crippen LogP contribution in [0.15, 0.2) is 0 Å². The van der Waals surface area contributed by atoms with Crippen molar-refractivity contribution < 1.29 is 19.1 Å². The molecule has 0 rings (SSSR count). The van der Waals surface area contributed by atoms with E-state index in [0.29, 0.717) is 12.8 Å². The van der Waals surface area contributed by atoms with Crippen LogP contribution in [-0.2, 0) is 9.09 Å². The molecule has 0 aliphatic heterocycles. The quantitative estimate of drug-likeness (QED) is 0.437. The number of hydrogen-bond donors (Lipinski definition) is 1. The summed E-state index contributed by atoms with van der Waals surface area (Å²) in [6.45, 7) is 0.262. The Kier molecular flexibility index (Phi) is 6.09. The third-order valence-electron chi connectivity index (χ3n) is 0.749. The Morgan fingerprint density at radius 2 is 2.22 bits per heavy atom. The normalized spacial score (nSPS) is 11.6. The molecule has 5 heteroatoms. The van der Waals surface area contributed by atoms with Crippen LogP contribution in [0.25, 0.3) is 0 Å². The van der Waals surface area contributed by atoms with E-state index >= 15 is 0 Å². The molecular weight excluding hydrogens is 143 g/mol. The third kappa shape index (κ3) is 7.98. The maximum atomic E-state index is 9.71. The Hall–Kier alpha value is -0.0200. The fraction of sp³-hybridized carbons (Fsp3) is 1.00. The molecule has 0 radical (unpaired) electrons. The molecule has 0 aliphatic rings. The van der Waals surface area contributed by atoms with Crippen molar-refractivity contribution in [2.75, 3.05) is 13.2 Å². The number of aliphatic hydroxyl groups is 1. The van der Waals surface area contributed by atoms with Gasteiger partial charge < -0.3 is 10.00 Å². The van der Waals surface area contributed by atoms with Gasteiger partial charge in [0.2, 0.25) is 0 Å². The van der Waals surface area contributed by atoms with Crippen molar-refractivity contribution in [2.24, 2.45) is 0 Å². The van der Waals surface area contributed by atoms with Gasteiger partial charge in [-0.05, 0) is 17.4 Å². The van der Waals surface area contributed by atoms with Crippen molar-refractivity contribution >= 4 is 8.25 Å². The van der Waals surface area contributed by atoms with Crippen LogP contribution >= 0.6 is 8.25 Å². The summed E-state index contributed by atoms with van der Waals surface area (Å²) in [6.07, 6.45) is 1.17. The molecule has 1 atom stereocenters. The Balaban J connectivity index is 2.83. The molecule has 0 saturated carbocycles. The van der Waals surface area contributed by atoms with Gasteiger partial charge in [-0.1, -0.05) is 0 Å².